The molecule has 110 valence electrons. The molecule has 2 N–H and O–H groups in total. The molecule has 3 nitrogen and oxygen atoms in total. The van der Waals surface area contributed by atoms with Gasteiger partial charge in [0.2, 0.25) is 0 Å². The van der Waals surface area contributed by atoms with Crippen LogP contribution in [0.1, 0.15) is 28.8 Å². The van der Waals surface area contributed by atoms with Crippen LogP contribution < -0.4 is 10.6 Å². The van der Waals surface area contributed by atoms with E-state index in [1.54, 1.807) is 0 Å². The predicted octanol–water partition coefficient (Wildman–Crippen LogP) is 2.95. The van der Waals surface area contributed by atoms with E-state index < -0.39 is 11.7 Å². The summed E-state index contributed by atoms with van der Waals surface area (Å²) in [4.78, 5) is 12.0. The molecule has 7 heteroatoms. The largest absolute Gasteiger partial charge is 0.417 e. The Morgan fingerprint density at radius 1 is 1.30 bits per heavy atom. The maximum atomic E-state index is 12.6. The number of carbonyl (C=O) groups excluding carboxylic acids is 1. The van der Waals surface area contributed by atoms with Gasteiger partial charge in [-0.2, -0.15) is 13.2 Å². The summed E-state index contributed by atoms with van der Waals surface area (Å²) in [5.74, 6) is -0.341. The van der Waals surface area contributed by atoms with Gasteiger partial charge in [-0.05, 0) is 44.1 Å². The Hall–Kier alpha value is -1.08. The second-order valence-electron chi connectivity index (χ2n) is 4.69. The molecule has 1 fully saturated rings. The Bertz CT molecular complexity index is 499. The minimum absolute atomic E-state index is 0.0739. The lowest BCUT2D eigenvalue weighted by Crippen LogP contribution is -2.42. The molecule has 0 bridgehead atoms. The molecule has 20 heavy (non-hydrogen) atoms. The molecule has 0 unspecified atom stereocenters. The molecule has 0 saturated carbocycles. The number of hydrogen-bond acceptors (Lipinski definition) is 2. The minimum atomic E-state index is -4.43. The van der Waals surface area contributed by atoms with Crippen molar-refractivity contribution < 1.29 is 18.0 Å². The van der Waals surface area contributed by atoms with Gasteiger partial charge in [-0.3, -0.25) is 4.79 Å². The molecule has 1 aliphatic heterocycles. The monoisotopic (exact) mass is 350 g/mol. The zero-order chi connectivity index (χ0) is 14.8. The molecule has 0 spiro atoms. The molecule has 1 saturated heterocycles. The Labute approximate surface area is 123 Å². The summed E-state index contributed by atoms with van der Waals surface area (Å²) in [5, 5.41) is 6.02. The zero-order valence-electron chi connectivity index (χ0n) is 10.6. The van der Waals surface area contributed by atoms with E-state index in [9.17, 15) is 18.0 Å². The van der Waals surface area contributed by atoms with Crippen LogP contribution in [0.25, 0.3) is 0 Å². The van der Waals surface area contributed by atoms with Crippen molar-refractivity contribution in [1.29, 1.82) is 0 Å². The van der Waals surface area contributed by atoms with Gasteiger partial charge in [0.05, 0.1) is 5.56 Å². The summed E-state index contributed by atoms with van der Waals surface area (Å²) in [5.41, 5.74) is -0.556. The van der Waals surface area contributed by atoms with Crippen molar-refractivity contribution in [3.8, 4) is 0 Å². The molecule has 1 aromatic carbocycles. The van der Waals surface area contributed by atoms with E-state index >= 15 is 0 Å². The highest BCUT2D eigenvalue weighted by molar-refractivity contribution is 9.10. The summed E-state index contributed by atoms with van der Waals surface area (Å²) < 4.78 is 37.7. The number of carbonyl (C=O) groups is 1. The first-order valence-electron chi connectivity index (χ1n) is 6.26. The fourth-order valence-corrected chi connectivity index (χ4v) is 2.72. The van der Waals surface area contributed by atoms with Gasteiger partial charge in [-0.1, -0.05) is 15.9 Å². The quantitative estimate of drug-likeness (QED) is 0.860. The Morgan fingerprint density at radius 2 is 1.95 bits per heavy atom. The van der Waals surface area contributed by atoms with Crippen molar-refractivity contribution in [2.75, 3.05) is 13.1 Å². The number of amides is 1. The average molecular weight is 351 g/mol. The molecule has 1 aromatic rings. The first kappa shape index (κ1) is 15.3. The molecule has 0 aromatic heterocycles. The van der Waals surface area contributed by atoms with Crippen molar-refractivity contribution in [2.24, 2.45) is 0 Å². The number of alkyl halides is 3. The van der Waals surface area contributed by atoms with E-state index in [0.717, 1.165) is 32.0 Å². The number of nitrogens with one attached hydrogen (secondary N) is 2. The third-order valence-electron chi connectivity index (χ3n) is 3.21. The fourth-order valence-electron chi connectivity index (χ4n) is 2.12. The molecule has 0 radical (unpaired) electrons. The van der Waals surface area contributed by atoms with Gasteiger partial charge in [0.15, 0.2) is 0 Å². The predicted molar refractivity (Wildman–Crippen MR) is 72.5 cm³/mol. The summed E-state index contributed by atoms with van der Waals surface area (Å²) >= 11 is 2.87. The molecule has 1 heterocycles. The van der Waals surface area contributed by atoms with Gasteiger partial charge in [-0.15, -0.1) is 0 Å². The maximum absolute atomic E-state index is 12.6. The number of rotatable bonds is 2. The molecule has 0 aliphatic carbocycles. The van der Waals surface area contributed by atoms with Crippen molar-refractivity contribution in [3.63, 3.8) is 0 Å². The van der Waals surface area contributed by atoms with Crippen LogP contribution in [-0.4, -0.2) is 25.0 Å². The molecular weight excluding hydrogens is 337 g/mol. The number of halogens is 4. The van der Waals surface area contributed by atoms with Gasteiger partial charge in [0, 0.05) is 16.1 Å². The van der Waals surface area contributed by atoms with Crippen LogP contribution in [0.15, 0.2) is 22.7 Å². The number of benzene rings is 1. The number of piperidine rings is 1. The Balaban J connectivity index is 2.09. The van der Waals surface area contributed by atoms with E-state index in [1.165, 1.54) is 12.1 Å². The van der Waals surface area contributed by atoms with Crippen molar-refractivity contribution in [1.82, 2.24) is 10.6 Å². The van der Waals surface area contributed by atoms with Crippen LogP contribution >= 0.6 is 15.9 Å². The Morgan fingerprint density at radius 3 is 2.50 bits per heavy atom. The van der Waals surface area contributed by atoms with Gasteiger partial charge in [0.1, 0.15) is 0 Å². The maximum Gasteiger partial charge on any atom is 0.417 e. The van der Waals surface area contributed by atoms with E-state index in [4.69, 9.17) is 0 Å². The van der Waals surface area contributed by atoms with Crippen LogP contribution in [0.4, 0.5) is 13.2 Å². The second-order valence-corrected chi connectivity index (χ2v) is 5.54. The fraction of sp³-hybridized carbons (Fsp3) is 0.462. The van der Waals surface area contributed by atoms with Crippen molar-refractivity contribution >= 4 is 21.8 Å². The summed E-state index contributed by atoms with van der Waals surface area (Å²) in [6.07, 6.45) is -2.77. The van der Waals surface area contributed by atoms with Gasteiger partial charge in [0.25, 0.3) is 5.91 Å². The number of hydrogen-bond donors (Lipinski definition) is 2. The normalized spacial score (nSPS) is 17.0. The molecule has 2 rings (SSSR count). The lowest BCUT2D eigenvalue weighted by atomic mass is 10.1. The highest BCUT2D eigenvalue weighted by Gasteiger charge is 2.33. The SMILES string of the molecule is O=C(NC1CCNCC1)c1ccc(C(F)(F)F)c(Br)c1. The smallest absolute Gasteiger partial charge is 0.349 e. The summed E-state index contributed by atoms with van der Waals surface area (Å²) in [6, 6.07) is 3.40. The van der Waals surface area contributed by atoms with Gasteiger partial charge < -0.3 is 10.6 Å². The van der Waals surface area contributed by atoms with Crippen molar-refractivity contribution in [3.05, 3.63) is 33.8 Å². The zero-order valence-corrected chi connectivity index (χ0v) is 12.1. The highest BCUT2D eigenvalue weighted by Crippen LogP contribution is 2.35. The first-order valence-corrected chi connectivity index (χ1v) is 7.05. The standard InChI is InChI=1S/C13H14BrF3N2O/c14-11-7-8(1-2-10(11)13(15,16)17)12(20)19-9-3-5-18-6-4-9/h1-2,7,9,18H,3-6H2,(H,19,20). The lowest BCUT2D eigenvalue weighted by Gasteiger charge is -2.23. The first-order chi connectivity index (χ1) is 9.38. The van der Waals surface area contributed by atoms with E-state index in [2.05, 4.69) is 26.6 Å². The van der Waals surface area contributed by atoms with Gasteiger partial charge in [-0.25, -0.2) is 0 Å². The summed E-state index contributed by atoms with van der Waals surface area (Å²) in [7, 11) is 0. The van der Waals surface area contributed by atoms with Crippen LogP contribution in [0.3, 0.4) is 0 Å². The minimum Gasteiger partial charge on any atom is -0.349 e. The lowest BCUT2D eigenvalue weighted by molar-refractivity contribution is -0.138. The van der Waals surface area contributed by atoms with Crippen LogP contribution in [0.2, 0.25) is 0 Å². The molecule has 1 amide bonds. The van der Waals surface area contributed by atoms with Crippen LogP contribution in [-0.2, 0) is 6.18 Å². The van der Waals surface area contributed by atoms with Crippen LogP contribution in [0, 0.1) is 0 Å². The van der Waals surface area contributed by atoms with E-state index in [0.29, 0.717) is 0 Å². The average Bonchev–Trinajstić information content (AvgIpc) is 2.38. The van der Waals surface area contributed by atoms with Crippen LogP contribution in [0.5, 0.6) is 0 Å². The second kappa shape index (κ2) is 6.13. The van der Waals surface area contributed by atoms with E-state index in [-0.39, 0.29) is 22.0 Å². The molecule has 1 aliphatic rings. The molecule has 0 atom stereocenters. The van der Waals surface area contributed by atoms with Gasteiger partial charge >= 0.3 is 6.18 Å². The third kappa shape index (κ3) is 3.73. The summed E-state index contributed by atoms with van der Waals surface area (Å²) in [6.45, 7) is 1.67. The van der Waals surface area contributed by atoms with E-state index in [1.807, 2.05) is 0 Å². The topological polar surface area (TPSA) is 41.1 Å². The Kier molecular flexibility index (Phi) is 4.70. The highest BCUT2D eigenvalue weighted by atomic mass is 79.9. The van der Waals surface area contributed by atoms with Crippen molar-refractivity contribution in [2.45, 2.75) is 25.1 Å². The third-order valence-corrected chi connectivity index (χ3v) is 3.87. The molecular formula is C13H14BrF3N2O.